The maximum absolute atomic E-state index is 12.9. The number of ether oxygens (including phenoxy) is 4. The molecule has 36 heavy (non-hydrogen) atoms. The fraction of sp³-hybridized carbons (Fsp3) is 0.407. The molecule has 9 heteroatoms. The van der Waals surface area contributed by atoms with Gasteiger partial charge < -0.3 is 34.1 Å². The number of aromatic nitrogens is 1. The SMILES string of the molecule is COc1ccc2cc(CN(C[C@@H]3CCCO3)C(=S)NCCc3ccc(OC)c(OC)c3)c(=O)[nH]c2c1. The van der Waals surface area contributed by atoms with E-state index in [0.717, 1.165) is 42.3 Å². The zero-order valence-corrected chi connectivity index (χ0v) is 21.8. The molecule has 1 fully saturated rings. The Balaban J connectivity index is 1.46. The van der Waals surface area contributed by atoms with Crippen molar-refractivity contribution >= 4 is 28.2 Å². The first kappa shape index (κ1) is 25.8. The van der Waals surface area contributed by atoms with Crippen LogP contribution < -0.4 is 25.1 Å². The van der Waals surface area contributed by atoms with Gasteiger partial charge in [-0.15, -0.1) is 0 Å². The summed E-state index contributed by atoms with van der Waals surface area (Å²) in [5.41, 5.74) is 2.36. The van der Waals surface area contributed by atoms with Crippen LogP contribution in [-0.2, 0) is 17.7 Å². The highest BCUT2D eigenvalue weighted by Gasteiger charge is 2.22. The number of fused-ring (bicyclic) bond motifs is 1. The summed E-state index contributed by atoms with van der Waals surface area (Å²) in [5.74, 6) is 2.10. The second kappa shape index (κ2) is 12.1. The van der Waals surface area contributed by atoms with Gasteiger partial charge in [0.2, 0.25) is 0 Å². The number of benzene rings is 2. The molecular formula is C27H33N3O5S. The lowest BCUT2D eigenvalue weighted by molar-refractivity contribution is 0.0897. The van der Waals surface area contributed by atoms with Crippen molar-refractivity contribution in [3.05, 3.63) is 63.9 Å². The third-order valence-corrected chi connectivity index (χ3v) is 6.77. The molecule has 2 aromatic carbocycles. The fourth-order valence-corrected chi connectivity index (χ4v) is 4.63. The van der Waals surface area contributed by atoms with Gasteiger partial charge in [-0.1, -0.05) is 6.07 Å². The molecule has 0 saturated carbocycles. The smallest absolute Gasteiger partial charge is 0.253 e. The maximum Gasteiger partial charge on any atom is 0.253 e. The number of thiocarbonyl (C=S) groups is 1. The van der Waals surface area contributed by atoms with Crippen molar-refractivity contribution in [3.8, 4) is 17.2 Å². The number of hydrogen-bond donors (Lipinski definition) is 2. The van der Waals surface area contributed by atoms with Gasteiger partial charge in [0.05, 0.1) is 39.5 Å². The quantitative estimate of drug-likeness (QED) is 0.399. The largest absolute Gasteiger partial charge is 0.497 e. The van der Waals surface area contributed by atoms with E-state index in [1.54, 1.807) is 21.3 Å². The van der Waals surface area contributed by atoms with Crippen LogP contribution in [0.3, 0.4) is 0 Å². The molecule has 2 N–H and O–H groups in total. The Labute approximate surface area is 216 Å². The highest BCUT2D eigenvalue weighted by Crippen LogP contribution is 2.27. The molecule has 8 nitrogen and oxygen atoms in total. The maximum atomic E-state index is 12.9. The number of nitrogens with zero attached hydrogens (tertiary/aromatic N) is 1. The minimum Gasteiger partial charge on any atom is -0.497 e. The van der Waals surface area contributed by atoms with Gasteiger partial charge in [-0.2, -0.15) is 0 Å². The zero-order valence-electron chi connectivity index (χ0n) is 21.0. The standard InChI is InChI=1S/C27H33N3O5S/c1-32-21-8-7-19-14-20(26(31)29-23(19)15-21)16-30(17-22-5-4-12-35-22)27(36)28-11-10-18-6-9-24(33-2)25(13-18)34-3/h6-9,13-15,22H,4-5,10-12,16-17H2,1-3H3,(H,28,36)(H,29,31)/t22-/m0/s1. The second-order valence-electron chi connectivity index (χ2n) is 8.76. The van der Waals surface area contributed by atoms with Crippen LogP contribution in [0.4, 0.5) is 0 Å². The van der Waals surface area contributed by atoms with Gasteiger partial charge in [0.15, 0.2) is 16.6 Å². The van der Waals surface area contributed by atoms with Crippen molar-refractivity contribution in [2.24, 2.45) is 0 Å². The summed E-state index contributed by atoms with van der Waals surface area (Å²) >= 11 is 5.77. The van der Waals surface area contributed by atoms with Gasteiger partial charge in [0.25, 0.3) is 5.56 Å². The topological polar surface area (TPSA) is 85.1 Å². The number of H-pyrrole nitrogens is 1. The normalized spacial score (nSPS) is 15.0. The lowest BCUT2D eigenvalue weighted by atomic mass is 10.1. The number of hydrogen-bond acceptors (Lipinski definition) is 6. The van der Waals surface area contributed by atoms with Gasteiger partial charge in [-0.25, -0.2) is 0 Å². The van der Waals surface area contributed by atoms with Gasteiger partial charge in [-0.05, 0) is 72.8 Å². The first-order chi connectivity index (χ1) is 17.5. The Morgan fingerprint density at radius 2 is 1.94 bits per heavy atom. The summed E-state index contributed by atoms with van der Waals surface area (Å²) in [7, 11) is 4.86. The predicted octanol–water partition coefficient (Wildman–Crippen LogP) is 3.65. The van der Waals surface area contributed by atoms with Crippen molar-refractivity contribution in [2.45, 2.75) is 31.9 Å². The van der Waals surface area contributed by atoms with E-state index < -0.39 is 0 Å². The van der Waals surface area contributed by atoms with E-state index in [1.165, 1.54) is 0 Å². The molecule has 0 bridgehead atoms. The van der Waals surface area contributed by atoms with Crippen LogP contribution in [0.15, 0.2) is 47.3 Å². The lowest BCUT2D eigenvalue weighted by Gasteiger charge is -2.28. The molecule has 3 aromatic rings. The first-order valence-corrected chi connectivity index (χ1v) is 12.5. The summed E-state index contributed by atoms with van der Waals surface area (Å²) in [6.45, 7) is 2.42. The Kier molecular flexibility index (Phi) is 8.66. The van der Waals surface area contributed by atoms with Crippen molar-refractivity contribution in [1.29, 1.82) is 0 Å². The summed E-state index contributed by atoms with van der Waals surface area (Å²) in [6, 6.07) is 13.5. The zero-order chi connectivity index (χ0) is 25.5. The number of pyridine rings is 1. The fourth-order valence-electron chi connectivity index (χ4n) is 4.39. The van der Waals surface area contributed by atoms with Crippen LogP contribution >= 0.6 is 12.2 Å². The number of methoxy groups -OCH3 is 3. The van der Waals surface area contributed by atoms with Gasteiger partial charge >= 0.3 is 0 Å². The van der Waals surface area contributed by atoms with Crippen molar-refractivity contribution in [1.82, 2.24) is 15.2 Å². The summed E-state index contributed by atoms with van der Waals surface area (Å²) < 4.78 is 21.9. The predicted molar refractivity (Wildman–Crippen MR) is 144 cm³/mol. The highest BCUT2D eigenvalue weighted by atomic mass is 32.1. The van der Waals surface area contributed by atoms with Crippen LogP contribution in [0, 0.1) is 0 Å². The first-order valence-electron chi connectivity index (χ1n) is 12.1. The average Bonchev–Trinajstić information content (AvgIpc) is 3.41. The molecule has 4 rings (SSSR count). The van der Waals surface area contributed by atoms with Crippen LogP contribution in [0.1, 0.15) is 24.0 Å². The van der Waals surface area contributed by atoms with Gasteiger partial charge in [-0.3, -0.25) is 4.79 Å². The molecule has 0 amide bonds. The van der Waals surface area contributed by atoms with E-state index in [0.29, 0.717) is 47.6 Å². The molecule has 2 heterocycles. The third-order valence-electron chi connectivity index (χ3n) is 6.36. The second-order valence-corrected chi connectivity index (χ2v) is 9.15. The third kappa shape index (κ3) is 6.27. The van der Waals surface area contributed by atoms with Crippen molar-refractivity contribution < 1.29 is 18.9 Å². The molecule has 0 unspecified atom stereocenters. The molecule has 1 aliphatic rings. The average molecular weight is 512 g/mol. The van der Waals surface area contributed by atoms with E-state index >= 15 is 0 Å². The molecule has 192 valence electrons. The number of nitrogens with one attached hydrogen (secondary N) is 2. The molecule has 0 radical (unpaired) electrons. The molecule has 1 atom stereocenters. The van der Waals surface area contributed by atoms with E-state index in [4.69, 9.17) is 31.2 Å². The Hall–Kier alpha value is -3.30. The van der Waals surface area contributed by atoms with Gasteiger partial charge in [0, 0.05) is 31.3 Å². The molecular weight excluding hydrogens is 478 g/mol. The summed E-state index contributed by atoms with van der Waals surface area (Å²) in [6.07, 6.45) is 2.88. The molecule has 1 aliphatic heterocycles. The lowest BCUT2D eigenvalue weighted by Crippen LogP contribution is -2.44. The minimum absolute atomic E-state index is 0.0967. The van der Waals surface area contributed by atoms with E-state index in [2.05, 4.69) is 10.3 Å². The van der Waals surface area contributed by atoms with Gasteiger partial charge in [0.1, 0.15) is 5.75 Å². The van der Waals surface area contributed by atoms with E-state index in [9.17, 15) is 4.79 Å². The molecule has 1 aromatic heterocycles. The molecule has 0 spiro atoms. The summed E-state index contributed by atoms with van der Waals surface area (Å²) in [5, 5.41) is 4.90. The molecule has 0 aliphatic carbocycles. The Bertz CT molecular complexity index is 1260. The van der Waals surface area contributed by atoms with E-state index in [1.807, 2.05) is 47.4 Å². The monoisotopic (exact) mass is 511 g/mol. The van der Waals surface area contributed by atoms with Crippen LogP contribution in [0.25, 0.3) is 10.9 Å². The summed E-state index contributed by atoms with van der Waals surface area (Å²) in [4.78, 5) is 17.9. The van der Waals surface area contributed by atoms with Crippen LogP contribution in [0.2, 0.25) is 0 Å². The highest BCUT2D eigenvalue weighted by molar-refractivity contribution is 7.80. The van der Waals surface area contributed by atoms with Crippen molar-refractivity contribution in [2.75, 3.05) is 41.0 Å². The Morgan fingerprint density at radius 3 is 2.67 bits per heavy atom. The van der Waals surface area contributed by atoms with Crippen molar-refractivity contribution in [3.63, 3.8) is 0 Å². The van der Waals surface area contributed by atoms with Crippen LogP contribution in [-0.4, -0.2) is 62.1 Å². The molecule has 1 saturated heterocycles. The van der Waals surface area contributed by atoms with E-state index in [-0.39, 0.29) is 11.7 Å². The minimum atomic E-state index is -0.138. The number of rotatable bonds is 10. The van der Waals surface area contributed by atoms with Crippen LogP contribution in [0.5, 0.6) is 17.2 Å². The Morgan fingerprint density at radius 1 is 1.11 bits per heavy atom. The number of aromatic amines is 1.